The average Bonchev–Trinajstić information content (AvgIpc) is 2.43. The number of carbonyl (C=O) groups is 1. The standard InChI is InChI=1S/C18H34O2.H3N/c1-2-3-4-5-6-7-8-9-10-11-12-13-14-15-16-17-18(19)20;/h9-10H,2-8,11-17H2,1H3,(H,19,20);1H3/b10-9+;. The molecular formula is C18H37NO2. The molecule has 0 aromatic rings. The van der Waals surface area contributed by atoms with E-state index in [4.69, 9.17) is 0 Å². The SMILES string of the molecule is CCCCCCCC/C=C/CCCCCCCC(=O)[O-].[NH4+]. The van der Waals surface area contributed by atoms with E-state index in [9.17, 15) is 9.90 Å². The van der Waals surface area contributed by atoms with Crippen LogP contribution in [-0.2, 0) is 4.79 Å². The Morgan fingerprint density at radius 3 is 1.67 bits per heavy atom. The molecule has 0 atom stereocenters. The number of hydrogen-bond donors (Lipinski definition) is 1. The summed E-state index contributed by atoms with van der Waals surface area (Å²) in [4.78, 5) is 10.2. The first-order valence-electron chi connectivity index (χ1n) is 8.62. The van der Waals surface area contributed by atoms with Crippen LogP contribution in [0.15, 0.2) is 12.2 Å². The molecule has 0 aromatic carbocycles. The first-order chi connectivity index (χ1) is 9.77. The van der Waals surface area contributed by atoms with Crippen LogP contribution in [0.25, 0.3) is 0 Å². The van der Waals surface area contributed by atoms with E-state index >= 15 is 0 Å². The molecule has 0 aliphatic heterocycles. The van der Waals surface area contributed by atoms with Crippen LogP contribution in [0, 0.1) is 0 Å². The molecule has 3 heteroatoms. The molecule has 0 spiro atoms. The first-order valence-corrected chi connectivity index (χ1v) is 8.62. The van der Waals surface area contributed by atoms with E-state index < -0.39 is 5.97 Å². The van der Waals surface area contributed by atoms with E-state index in [1.165, 1.54) is 64.2 Å². The number of aliphatic carboxylic acids is 1. The molecule has 0 rings (SSSR count). The molecule has 0 bridgehead atoms. The summed E-state index contributed by atoms with van der Waals surface area (Å²) in [6, 6.07) is 0. The molecule has 0 aromatic heterocycles. The Hall–Kier alpha value is -0.830. The molecule has 0 saturated carbocycles. The third-order valence-corrected chi connectivity index (χ3v) is 3.64. The Balaban J connectivity index is 0. The second-order valence-corrected chi connectivity index (χ2v) is 5.71. The van der Waals surface area contributed by atoms with Gasteiger partial charge in [-0.15, -0.1) is 0 Å². The molecule has 0 fully saturated rings. The third-order valence-electron chi connectivity index (χ3n) is 3.64. The van der Waals surface area contributed by atoms with Crippen molar-refractivity contribution in [2.24, 2.45) is 0 Å². The predicted molar refractivity (Wildman–Crippen MR) is 90.4 cm³/mol. The zero-order valence-corrected chi connectivity index (χ0v) is 14.4. The van der Waals surface area contributed by atoms with Crippen LogP contribution in [-0.4, -0.2) is 5.97 Å². The van der Waals surface area contributed by atoms with Gasteiger partial charge in [-0.3, -0.25) is 0 Å². The summed E-state index contributed by atoms with van der Waals surface area (Å²) < 4.78 is 0. The van der Waals surface area contributed by atoms with Gasteiger partial charge in [0.15, 0.2) is 0 Å². The minimum Gasteiger partial charge on any atom is -0.550 e. The summed E-state index contributed by atoms with van der Waals surface area (Å²) in [5.41, 5.74) is 0. The highest BCUT2D eigenvalue weighted by atomic mass is 16.4. The van der Waals surface area contributed by atoms with E-state index in [0.29, 0.717) is 0 Å². The topological polar surface area (TPSA) is 76.6 Å². The van der Waals surface area contributed by atoms with Crippen LogP contribution in [0.2, 0.25) is 0 Å². The van der Waals surface area contributed by atoms with Gasteiger partial charge >= 0.3 is 0 Å². The molecule has 0 saturated heterocycles. The number of allylic oxidation sites excluding steroid dienone is 2. The lowest BCUT2D eigenvalue weighted by molar-refractivity contribution is -0.305. The minimum absolute atomic E-state index is 0. The van der Waals surface area contributed by atoms with Crippen molar-refractivity contribution in [3.63, 3.8) is 0 Å². The highest BCUT2D eigenvalue weighted by Crippen LogP contribution is 2.09. The van der Waals surface area contributed by atoms with Gasteiger partial charge < -0.3 is 16.1 Å². The van der Waals surface area contributed by atoms with Crippen molar-refractivity contribution >= 4 is 5.97 Å². The van der Waals surface area contributed by atoms with E-state index in [1.54, 1.807) is 0 Å². The molecule has 0 aliphatic rings. The fourth-order valence-electron chi connectivity index (χ4n) is 2.34. The van der Waals surface area contributed by atoms with Gasteiger partial charge in [-0.25, -0.2) is 0 Å². The second-order valence-electron chi connectivity index (χ2n) is 5.71. The van der Waals surface area contributed by atoms with Crippen LogP contribution in [0.1, 0.15) is 96.8 Å². The van der Waals surface area contributed by atoms with E-state index in [-0.39, 0.29) is 12.6 Å². The number of carboxylic acid groups (broad SMARTS) is 1. The third kappa shape index (κ3) is 21.6. The number of carboxylic acids is 1. The maximum absolute atomic E-state index is 10.2. The number of quaternary nitrogens is 1. The van der Waals surface area contributed by atoms with Gasteiger partial charge in [-0.2, -0.15) is 0 Å². The van der Waals surface area contributed by atoms with Gasteiger partial charge in [-0.05, 0) is 38.5 Å². The Morgan fingerprint density at radius 1 is 0.762 bits per heavy atom. The van der Waals surface area contributed by atoms with Gasteiger partial charge in [0, 0.05) is 5.97 Å². The second kappa shape index (κ2) is 19.2. The zero-order valence-electron chi connectivity index (χ0n) is 14.4. The van der Waals surface area contributed by atoms with Crippen molar-refractivity contribution in [3.8, 4) is 0 Å². The predicted octanol–water partition coefficient (Wildman–Crippen LogP) is 5.15. The van der Waals surface area contributed by atoms with Crippen LogP contribution < -0.4 is 11.3 Å². The van der Waals surface area contributed by atoms with Crippen molar-refractivity contribution in [1.29, 1.82) is 0 Å². The summed E-state index contributed by atoms with van der Waals surface area (Å²) >= 11 is 0. The lowest BCUT2D eigenvalue weighted by Crippen LogP contribution is -2.21. The molecule has 4 N–H and O–H groups in total. The highest BCUT2D eigenvalue weighted by molar-refractivity contribution is 5.63. The van der Waals surface area contributed by atoms with Crippen molar-refractivity contribution < 1.29 is 9.90 Å². The summed E-state index contributed by atoms with van der Waals surface area (Å²) in [5.74, 6) is -0.914. The summed E-state index contributed by atoms with van der Waals surface area (Å²) in [5, 5.41) is 10.2. The molecule has 0 unspecified atom stereocenters. The maximum atomic E-state index is 10.2. The Morgan fingerprint density at radius 2 is 1.19 bits per heavy atom. The molecule has 21 heavy (non-hydrogen) atoms. The molecule has 0 amide bonds. The number of hydrogen-bond acceptors (Lipinski definition) is 2. The van der Waals surface area contributed by atoms with Crippen molar-refractivity contribution in [1.82, 2.24) is 6.15 Å². The lowest BCUT2D eigenvalue weighted by atomic mass is 10.1. The van der Waals surface area contributed by atoms with E-state index in [0.717, 1.165) is 19.3 Å². The zero-order chi connectivity index (χ0) is 14.9. The van der Waals surface area contributed by atoms with Gasteiger partial charge in [0.05, 0.1) is 0 Å². The van der Waals surface area contributed by atoms with E-state index in [2.05, 4.69) is 19.1 Å². The Bertz CT molecular complexity index is 239. The van der Waals surface area contributed by atoms with Gasteiger partial charge in [0.2, 0.25) is 0 Å². The molecule has 126 valence electrons. The average molecular weight is 299 g/mol. The Kier molecular flexibility index (Phi) is 20.5. The highest BCUT2D eigenvalue weighted by Gasteiger charge is 1.91. The fourth-order valence-corrected chi connectivity index (χ4v) is 2.34. The fraction of sp³-hybridized carbons (Fsp3) is 0.833. The van der Waals surface area contributed by atoms with E-state index in [1.807, 2.05) is 0 Å². The smallest absolute Gasteiger partial charge is 0.0414 e. The van der Waals surface area contributed by atoms with Crippen LogP contribution >= 0.6 is 0 Å². The summed E-state index contributed by atoms with van der Waals surface area (Å²) in [7, 11) is 0. The molecular weight excluding hydrogens is 262 g/mol. The summed E-state index contributed by atoms with van der Waals surface area (Å²) in [6.07, 6.45) is 20.9. The van der Waals surface area contributed by atoms with Crippen molar-refractivity contribution in [2.45, 2.75) is 96.8 Å². The van der Waals surface area contributed by atoms with Gasteiger partial charge in [0.1, 0.15) is 0 Å². The normalized spacial score (nSPS) is 10.7. The monoisotopic (exact) mass is 299 g/mol. The van der Waals surface area contributed by atoms with Gasteiger partial charge in [0.25, 0.3) is 0 Å². The molecule has 0 radical (unpaired) electrons. The number of unbranched alkanes of at least 4 members (excludes halogenated alkanes) is 11. The Labute approximate surface area is 131 Å². The number of carbonyl (C=O) groups excluding carboxylic acids is 1. The lowest BCUT2D eigenvalue weighted by Gasteiger charge is -2.01. The van der Waals surface area contributed by atoms with Crippen LogP contribution in [0.5, 0.6) is 0 Å². The van der Waals surface area contributed by atoms with Gasteiger partial charge in [-0.1, -0.05) is 70.4 Å². The minimum atomic E-state index is -0.914. The van der Waals surface area contributed by atoms with Crippen LogP contribution in [0.3, 0.4) is 0 Å². The maximum Gasteiger partial charge on any atom is 0.0414 e. The largest absolute Gasteiger partial charge is 0.550 e. The first kappa shape index (κ1) is 22.5. The number of rotatable bonds is 15. The van der Waals surface area contributed by atoms with Crippen molar-refractivity contribution in [2.75, 3.05) is 0 Å². The molecule has 0 aliphatic carbocycles. The van der Waals surface area contributed by atoms with Crippen LogP contribution in [0.4, 0.5) is 0 Å². The molecule has 3 nitrogen and oxygen atoms in total. The summed E-state index contributed by atoms with van der Waals surface area (Å²) in [6.45, 7) is 2.26. The quantitative estimate of drug-likeness (QED) is 0.335. The molecule has 0 heterocycles. The van der Waals surface area contributed by atoms with Crippen molar-refractivity contribution in [3.05, 3.63) is 12.2 Å².